The Morgan fingerprint density at radius 1 is 1.11 bits per heavy atom. The molecule has 1 atom stereocenters. The van der Waals surface area contributed by atoms with Crippen molar-refractivity contribution in [2.75, 3.05) is 7.11 Å². The van der Waals surface area contributed by atoms with E-state index in [4.69, 9.17) is 9.15 Å². The van der Waals surface area contributed by atoms with Gasteiger partial charge in [0.1, 0.15) is 28.9 Å². The molecule has 146 valence electrons. The molecule has 0 fully saturated rings. The maximum Gasteiger partial charge on any atom is 0.220 e. The number of furan rings is 1. The minimum absolute atomic E-state index is 0.197. The predicted molar refractivity (Wildman–Crippen MR) is 102 cm³/mol. The molecule has 1 aromatic heterocycles. The number of nitrogens with one attached hydrogen (secondary N) is 1. The van der Waals surface area contributed by atoms with Crippen molar-refractivity contribution in [1.82, 2.24) is 5.32 Å². The third kappa shape index (κ3) is 4.76. The van der Waals surface area contributed by atoms with Gasteiger partial charge >= 0.3 is 0 Å². The van der Waals surface area contributed by atoms with Crippen LogP contribution >= 0.6 is 0 Å². The summed E-state index contributed by atoms with van der Waals surface area (Å²) in [5, 5.41) is 2.72. The summed E-state index contributed by atoms with van der Waals surface area (Å²) in [6.45, 7) is 1.66. The van der Waals surface area contributed by atoms with Crippen LogP contribution < -0.4 is 10.1 Å². The van der Waals surface area contributed by atoms with E-state index in [0.717, 1.165) is 17.4 Å². The lowest BCUT2D eigenvalue weighted by Crippen LogP contribution is -2.27. The zero-order valence-electron chi connectivity index (χ0n) is 15.7. The van der Waals surface area contributed by atoms with Crippen LogP contribution in [0.4, 0.5) is 8.78 Å². The first-order chi connectivity index (χ1) is 13.5. The molecule has 0 aliphatic carbocycles. The van der Waals surface area contributed by atoms with E-state index in [9.17, 15) is 13.6 Å². The van der Waals surface area contributed by atoms with Crippen LogP contribution in [0.3, 0.4) is 0 Å². The summed E-state index contributed by atoms with van der Waals surface area (Å²) in [5.74, 6) is 0.590. The maximum atomic E-state index is 13.8. The van der Waals surface area contributed by atoms with Crippen molar-refractivity contribution in [3.05, 3.63) is 77.6 Å². The number of benzene rings is 2. The number of carbonyl (C=O) groups excluding carboxylic acids is 1. The van der Waals surface area contributed by atoms with Gasteiger partial charge in [-0.3, -0.25) is 4.79 Å². The third-order valence-electron chi connectivity index (χ3n) is 4.44. The lowest BCUT2D eigenvalue weighted by Gasteiger charge is -2.15. The number of hydrogen-bond donors (Lipinski definition) is 1. The van der Waals surface area contributed by atoms with E-state index in [1.54, 1.807) is 14.0 Å². The predicted octanol–water partition coefficient (Wildman–Crippen LogP) is 5.04. The highest BCUT2D eigenvalue weighted by Gasteiger charge is 2.15. The highest BCUT2D eigenvalue weighted by molar-refractivity contribution is 5.76. The summed E-state index contributed by atoms with van der Waals surface area (Å²) >= 11 is 0. The van der Waals surface area contributed by atoms with Crippen molar-refractivity contribution in [1.29, 1.82) is 0 Å². The van der Waals surface area contributed by atoms with Gasteiger partial charge in [-0.1, -0.05) is 6.07 Å². The maximum absolute atomic E-state index is 13.8. The quantitative estimate of drug-likeness (QED) is 0.620. The van der Waals surface area contributed by atoms with Gasteiger partial charge < -0.3 is 14.5 Å². The summed E-state index contributed by atoms with van der Waals surface area (Å²) < 4.78 is 37.7. The van der Waals surface area contributed by atoms with Crippen molar-refractivity contribution in [3.63, 3.8) is 0 Å². The Bertz CT molecular complexity index is 951. The smallest absolute Gasteiger partial charge is 0.220 e. The molecule has 4 nitrogen and oxygen atoms in total. The Balaban J connectivity index is 1.55. The van der Waals surface area contributed by atoms with E-state index in [1.807, 2.05) is 36.4 Å². The van der Waals surface area contributed by atoms with Crippen molar-refractivity contribution in [2.45, 2.75) is 25.8 Å². The number of hydrogen-bond acceptors (Lipinski definition) is 3. The Labute approximate surface area is 162 Å². The zero-order valence-corrected chi connectivity index (χ0v) is 15.7. The second kappa shape index (κ2) is 8.69. The van der Waals surface area contributed by atoms with Crippen LogP contribution in [0.15, 0.2) is 59.0 Å². The summed E-state index contributed by atoms with van der Waals surface area (Å²) in [7, 11) is 1.61. The number of ether oxygens (including phenoxy) is 1. The molecule has 2 aromatic carbocycles. The minimum atomic E-state index is -0.678. The SMILES string of the molecule is COc1ccc(-c2ccc(CCC(=O)N[C@H](C)c3ccc(F)cc3F)o2)cc1. The fraction of sp³-hybridized carbons (Fsp3) is 0.227. The van der Waals surface area contributed by atoms with Gasteiger partial charge in [-0.15, -0.1) is 0 Å². The number of carbonyl (C=O) groups is 1. The Hall–Kier alpha value is -3.15. The normalized spacial score (nSPS) is 11.9. The van der Waals surface area contributed by atoms with E-state index in [0.29, 0.717) is 17.9 Å². The first kappa shape index (κ1) is 19.6. The monoisotopic (exact) mass is 385 g/mol. The second-order valence-corrected chi connectivity index (χ2v) is 6.45. The van der Waals surface area contributed by atoms with Crippen LogP contribution in [0.5, 0.6) is 5.75 Å². The van der Waals surface area contributed by atoms with Crippen molar-refractivity contribution in [3.8, 4) is 17.1 Å². The molecule has 0 radical (unpaired) electrons. The Morgan fingerprint density at radius 2 is 1.86 bits per heavy atom. The molecule has 0 spiro atoms. The van der Waals surface area contributed by atoms with Gasteiger partial charge in [0.2, 0.25) is 5.91 Å². The summed E-state index contributed by atoms with van der Waals surface area (Å²) in [6.07, 6.45) is 0.614. The molecule has 3 rings (SSSR count). The van der Waals surface area contributed by atoms with E-state index in [2.05, 4.69) is 5.32 Å². The van der Waals surface area contributed by atoms with Crippen LogP contribution in [0.2, 0.25) is 0 Å². The molecule has 0 saturated carbocycles. The van der Waals surface area contributed by atoms with Gasteiger partial charge in [0.25, 0.3) is 0 Å². The number of methoxy groups -OCH3 is 1. The van der Waals surface area contributed by atoms with Gasteiger partial charge in [-0.25, -0.2) is 8.78 Å². The largest absolute Gasteiger partial charge is 0.497 e. The topological polar surface area (TPSA) is 51.5 Å². The highest BCUT2D eigenvalue weighted by atomic mass is 19.1. The molecule has 0 unspecified atom stereocenters. The average Bonchev–Trinajstić information content (AvgIpc) is 3.15. The molecular weight excluding hydrogens is 364 g/mol. The molecule has 6 heteroatoms. The number of aryl methyl sites for hydroxylation is 1. The summed E-state index contributed by atoms with van der Waals surface area (Å²) in [4.78, 5) is 12.2. The molecule has 1 heterocycles. The molecule has 0 saturated heterocycles. The van der Waals surface area contributed by atoms with E-state index >= 15 is 0 Å². The van der Waals surface area contributed by atoms with E-state index in [1.165, 1.54) is 12.1 Å². The van der Waals surface area contributed by atoms with E-state index in [-0.39, 0.29) is 17.9 Å². The molecule has 1 N–H and O–H groups in total. The fourth-order valence-corrected chi connectivity index (χ4v) is 2.90. The standard InChI is InChI=1S/C22H21F2NO3/c1-14(19-10-5-16(23)13-20(19)24)25-22(26)12-9-18-8-11-21(28-18)15-3-6-17(27-2)7-4-15/h3-8,10-11,13-14H,9,12H2,1-2H3,(H,25,26)/t14-/m1/s1. The van der Waals surface area contributed by atoms with Gasteiger partial charge in [0, 0.05) is 30.0 Å². The van der Waals surface area contributed by atoms with Crippen LogP contribution in [-0.4, -0.2) is 13.0 Å². The lowest BCUT2D eigenvalue weighted by atomic mass is 10.1. The van der Waals surface area contributed by atoms with Gasteiger partial charge in [-0.2, -0.15) is 0 Å². The molecule has 0 bridgehead atoms. The van der Waals surface area contributed by atoms with Crippen molar-refractivity contribution in [2.24, 2.45) is 0 Å². The summed E-state index contributed by atoms with van der Waals surface area (Å²) in [5.41, 5.74) is 1.16. The second-order valence-electron chi connectivity index (χ2n) is 6.45. The average molecular weight is 385 g/mol. The first-order valence-corrected chi connectivity index (χ1v) is 8.93. The fourth-order valence-electron chi connectivity index (χ4n) is 2.90. The summed E-state index contributed by atoms with van der Waals surface area (Å²) in [6, 6.07) is 13.9. The van der Waals surface area contributed by atoms with Gasteiger partial charge in [0.15, 0.2) is 0 Å². The minimum Gasteiger partial charge on any atom is -0.497 e. The molecule has 1 amide bonds. The van der Waals surface area contributed by atoms with Crippen molar-refractivity contribution >= 4 is 5.91 Å². The number of rotatable bonds is 7. The highest BCUT2D eigenvalue weighted by Crippen LogP contribution is 2.25. The number of halogens is 2. The van der Waals surface area contributed by atoms with Crippen molar-refractivity contribution < 1.29 is 22.7 Å². The molecule has 0 aliphatic heterocycles. The Kier molecular flexibility index (Phi) is 6.09. The molecule has 0 aliphatic rings. The van der Waals surface area contributed by atoms with Crippen LogP contribution in [0.1, 0.15) is 30.7 Å². The van der Waals surface area contributed by atoms with Crippen LogP contribution in [-0.2, 0) is 11.2 Å². The first-order valence-electron chi connectivity index (χ1n) is 8.93. The van der Waals surface area contributed by atoms with Gasteiger partial charge in [-0.05, 0) is 49.4 Å². The lowest BCUT2D eigenvalue weighted by molar-refractivity contribution is -0.121. The van der Waals surface area contributed by atoms with Gasteiger partial charge in [0.05, 0.1) is 13.2 Å². The third-order valence-corrected chi connectivity index (χ3v) is 4.44. The number of amides is 1. The molecule has 3 aromatic rings. The Morgan fingerprint density at radius 3 is 2.54 bits per heavy atom. The zero-order chi connectivity index (χ0) is 20.1. The molecule has 28 heavy (non-hydrogen) atoms. The van der Waals surface area contributed by atoms with E-state index < -0.39 is 17.7 Å². The molecular formula is C22H21F2NO3. The van der Waals surface area contributed by atoms with Crippen LogP contribution in [0, 0.1) is 11.6 Å². The van der Waals surface area contributed by atoms with Crippen LogP contribution in [0.25, 0.3) is 11.3 Å².